The van der Waals surface area contributed by atoms with Gasteiger partial charge in [-0.3, -0.25) is 9.69 Å². The fraction of sp³-hybridized carbons (Fsp3) is 0.143. The van der Waals surface area contributed by atoms with Gasteiger partial charge in [0, 0.05) is 0 Å². The number of urea groups is 1. The van der Waals surface area contributed by atoms with E-state index in [0.717, 1.165) is 33.4 Å². The Bertz CT molecular complexity index is 1080. The van der Waals surface area contributed by atoms with Crippen molar-refractivity contribution in [2.45, 2.75) is 19.0 Å². The summed E-state index contributed by atoms with van der Waals surface area (Å²) in [6.45, 7) is 1.58. The Hall–Kier alpha value is -3.28. The highest BCUT2D eigenvalue weighted by Gasteiger charge is 2.49. The maximum Gasteiger partial charge on any atom is 0.325 e. The number of imide groups is 1. The molecule has 136 valence electrons. The van der Waals surface area contributed by atoms with Crippen molar-refractivity contribution in [2.75, 3.05) is 0 Å². The second kappa shape index (κ2) is 6.16. The van der Waals surface area contributed by atoms with E-state index in [1.807, 2.05) is 42.5 Å². The molecule has 0 saturated carbocycles. The van der Waals surface area contributed by atoms with Gasteiger partial charge < -0.3 is 5.32 Å². The summed E-state index contributed by atoms with van der Waals surface area (Å²) in [5.41, 5.74) is -0.428. The van der Waals surface area contributed by atoms with Crippen molar-refractivity contribution in [1.29, 1.82) is 0 Å². The van der Waals surface area contributed by atoms with Gasteiger partial charge in [-0.15, -0.1) is 0 Å². The number of nitrogens with one attached hydrogen (secondary N) is 1. The van der Waals surface area contributed by atoms with Crippen LogP contribution in [0.1, 0.15) is 18.1 Å². The largest absolute Gasteiger partial charge is 0.325 e. The molecule has 1 heterocycles. The van der Waals surface area contributed by atoms with Crippen LogP contribution in [-0.4, -0.2) is 16.8 Å². The highest BCUT2D eigenvalue weighted by Crippen LogP contribution is 2.31. The van der Waals surface area contributed by atoms with E-state index in [1.165, 1.54) is 13.0 Å². The predicted molar refractivity (Wildman–Crippen MR) is 96.7 cm³/mol. The summed E-state index contributed by atoms with van der Waals surface area (Å²) in [5.74, 6) is -2.58. The Kier molecular flexibility index (Phi) is 3.91. The number of fused-ring (bicyclic) bond motifs is 1. The molecule has 3 aromatic rings. The van der Waals surface area contributed by atoms with Crippen LogP contribution in [0.2, 0.25) is 0 Å². The molecule has 3 amide bonds. The van der Waals surface area contributed by atoms with Crippen LogP contribution in [0.25, 0.3) is 10.8 Å². The molecule has 1 N–H and O–H groups in total. The number of halogens is 2. The Morgan fingerprint density at radius 2 is 1.70 bits per heavy atom. The smallest absolute Gasteiger partial charge is 0.319 e. The van der Waals surface area contributed by atoms with Gasteiger partial charge in [0.1, 0.15) is 5.54 Å². The average Bonchev–Trinajstić information content (AvgIpc) is 2.88. The van der Waals surface area contributed by atoms with E-state index < -0.39 is 29.1 Å². The van der Waals surface area contributed by atoms with Crippen molar-refractivity contribution in [3.63, 3.8) is 0 Å². The minimum absolute atomic E-state index is 0.0886. The molecular formula is C21H16F2N2O2. The van der Waals surface area contributed by atoms with E-state index in [9.17, 15) is 18.4 Å². The summed E-state index contributed by atoms with van der Waals surface area (Å²) in [5, 5.41) is 4.56. The average molecular weight is 366 g/mol. The lowest BCUT2D eigenvalue weighted by atomic mass is 9.91. The molecule has 0 aromatic heterocycles. The van der Waals surface area contributed by atoms with Crippen molar-refractivity contribution in [1.82, 2.24) is 10.2 Å². The van der Waals surface area contributed by atoms with Crippen LogP contribution in [0, 0.1) is 11.6 Å². The highest BCUT2D eigenvalue weighted by molar-refractivity contribution is 6.07. The summed E-state index contributed by atoms with van der Waals surface area (Å²) in [6, 6.07) is 16.0. The molecule has 0 radical (unpaired) electrons. The maximum absolute atomic E-state index is 13.6. The van der Waals surface area contributed by atoms with Crippen LogP contribution in [0.3, 0.4) is 0 Å². The third-order valence-electron chi connectivity index (χ3n) is 4.98. The first kappa shape index (κ1) is 17.1. The van der Waals surface area contributed by atoms with Gasteiger partial charge in [-0.05, 0) is 41.0 Å². The number of benzene rings is 3. The van der Waals surface area contributed by atoms with Gasteiger partial charge in [0.2, 0.25) is 0 Å². The predicted octanol–water partition coefficient (Wildman–Crippen LogP) is 4.09. The van der Waals surface area contributed by atoms with E-state index in [4.69, 9.17) is 0 Å². The molecule has 3 aromatic carbocycles. The fourth-order valence-corrected chi connectivity index (χ4v) is 3.44. The Morgan fingerprint density at radius 1 is 0.963 bits per heavy atom. The Morgan fingerprint density at radius 3 is 2.48 bits per heavy atom. The quantitative estimate of drug-likeness (QED) is 0.710. The minimum Gasteiger partial charge on any atom is -0.319 e. The first-order chi connectivity index (χ1) is 12.9. The van der Waals surface area contributed by atoms with E-state index in [-0.39, 0.29) is 12.1 Å². The lowest BCUT2D eigenvalue weighted by Gasteiger charge is -2.22. The van der Waals surface area contributed by atoms with Gasteiger partial charge >= 0.3 is 6.03 Å². The normalized spacial score (nSPS) is 19.6. The Labute approximate surface area is 154 Å². The van der Waals surface area contributed by atoms with Crippen molar-refractivity contribution in [2.24, 2.45) is 0 Å². The third kappa shape index (κ3) is 2.73. The zero-order valence-electron chi connectivity index (χ0n) is 14.5. The molecule has 0 bridgehead atoms. The Balaban J connectivity index is 1.69. The van der Waals surface area contributed by atoms with Gasteiger partial charge in [0.25, 0.3) is 5.91 Å². The van der Waals surface area contributed by atoms with Crippen LogP contribution < -0.4 is 5.32 Å². The summed E-state index contributed by atoms with van der Waals surface area (Å²) >= 11 is 0. The molecule has 4 nitrogen and oxygen atoms in total. The molecule has 0 spiro atoms. The zero-order chi connectivity index (χ0) is 19.2. The van der Waals surface area contributed by atoms with Gasteiger partial charge in [0.15, 0.2) is 11.6 Å². The van der Waals surface area contributed by atoms with Crippen LogP contribution in [-0.2, 0) is 16.9 Å². The SMILES string of the molecule is CC1(c2ccc(F)c(F)c2)NC(=O)N(Cc2cccc3ccccc23)C1=O. The summed E-state index contributed by atoms with van der Waals surface area (Å²) in [7, 11) is 0. The summed E-state index contributed by atoms with van der Waals surface area (Å²) < 4.78 is 26.9. The molecule has 1 saturated heterocycles. The molecule has 6 heteroatoms. The van der Waals surface area contributed by atoms with Crippen LogP contribution in [0.4, 0.5) is 13.6 Å². The second-order valence-corrected chi connectivity index (χ2v) is 6.71. The molecule has 0 aliphatic carbocycles. The number of nitrogens with zero attached hydrogens (tertiary/aromatic N) is 1. The van der Waals surface area contributed by atoms with Crippen LogP contribution in [0.15, 0.2) is 60.7 Å². The maximum atomic E-state index is 13.6. The molecule has 1 fully saturated rings. The highest BCUT2D eigenvalue weighted by atomic mass is 19.2. The topological polar surface area (TPSA) is 49.4 Å². The van der Waals surface area contributed by atoms with Crippen molar-refractivity contribution < 1.29 is 18.4 Å². The molecule has 4 rings (SSSR count). The van der Waals surface area contributed by atoms with Gasteiger partial charge in [-0.2, -0.15) is 0 Å². The standard InChI is InChI=1S/C21H16F2N2O2/c1-21(15-9-10-17(22)18(23)11-15)19(26)25(20(27)24-21)12-14-7-4-6-13-5-2-3-8-16(13)14/h2-11H,12H2,1H3,(H,24,27). The molecule has 1 atom stereocenters. The molecule has 1 aliphatic rings. The number of carbonyl (C=O) groups excluding carboxylic acids is 2. The minimum atomic E-state index is -1.45. The van der Waals surface area contributed by atoms with Crippen LogP contribution >= 0.6 is 0 Å². The fourth-order valence-electron chi connectivity index (χ4n) is 3.44. The molecule has 1 aliphatic heterocycles. The third-order valence-corrected chi connectivity index (χ3v) is 4.98. The molecule has 1 unspecified atom stereocenters. The zero-order valence-corrected chi connectivity index (χ0v) is 14.5. The van der Waals surface area contributed by atoms with E-state index in [0.29, 0.717) is 0 Å². The number of hydrogen-bond acceptors (Lipinski definition) is 2. The second-order valence-electron chi connectivity index (χ2n) is 6.71. The number of rotatable bonds is 3. The lowest BCUT2D eigenvalue weighted by Crippen LogP contribution is -2.41. The summed E-state index contributed by atoms with van der Waals surface area (Å²) in [4.78, 5) is 26.6. The first-order valence-corrected chi connectivity index (χ1v) is 8.46. The lowest BCUT2D eigenvalue weighted by molar-refractivity contribution is -0.131. The first-order valence-electron chi connectivity index (χ1n) is 8.46. The molecular weight excluding hydrogens is 350 g/mol. The number of hydrogen-bond donors (Lipinski definition) is 1. The number of carbonyl (C=O) groups is 2. The van der Waals surface area contributed by atoms with Gasteiger partial charge in [0.05, 0.1) is 6.54 Å². The van der Waals surface area contributed by atoms with Crippen LogP contribution in [0.5, 0.6) is 0 Å². The van der Waals surface area contributed by atoms with E-state index >= 15 is 0 Å². The van der Waals surface area contributed by atoms with E-state index in [2.05, 4.69) is 5.32 Å². The van der Waals surface area contributed by atoms with Crippen molar-refractivity contribution in [3.8, 4) is 0 Å². The number of amides is 3. The van der Waals surface area contributed by atoms with Gasteiger partial charge in [-0.1, -0.05) is 48.5 Å². The molecule has 27 heavy (non-hydrogen) atoms. The van der Waals surface area contributed by atoms with Crippen molar-refractivity contribution in [3.05, 3.63) is 83.4 Å². The van der Waals surface area contributed by atoms with Gasteiger partial charge in [-0.25, -0.2) is 13.6 Å². The summed E-state index contributed by atoms with van der Waals surface area (Å²) in [6.07, 6.45) is 0. The monoisotopic (exact) mass is 366 g/mol. The van der Waals surface area contributed by atoms with Crippen molar-refractivity contribution >= 4 is 22.7 Å². The van der Waals surface area contributed by atoms with E-state index in [1.54, 1.807) is 0 Å².